The fourth-order valence-corrected chi connectivity index (χ4v) is 3.42. The Morgan fingerprint density at radius 1 is 1.31 bits per heavy atom. The van der Waals surface area contributed by atoms with E-state index in [4.69, 9.17) is 10.00 Å². The molecule has 0 aromatic heterocycles. The Morgan fingerprint density at radius 2 is 1.94 bits per heavy atom. The number of halogens is 3. The summed E-state index contributed by atoms with van der Waals surface area (Å²) in [6.07, 6.45) is 0.952. The molecular formula is C10H8Br3NOS. The van der Waals surface area contributed by atoms with Crippen molar-refractivity contribution in [3.8, 4) is 11.2 Å². The maximum atomic E-state index is 8.59. The summed E-state index contributed by atoms with van der Waals surface area (Å²) in [5.74, 6) is 0.781. The summed E-state index contributed by atoms with van der Waals surface area (Å²) in [5.41, 5.74) is 0. The molecule has 0 aliphatic carbocycles. The van der Waals surface area contributed by atoms with Crippen LogP contribution in [0.25, 0.3) is 0 Å². The lowest BCUT2D eigenvalue weighted by Gasteiger charge is -2.10. The third-order valence-electron chi connectivity index (χ3n) is 1.66. The predicted octanol–water partition coefficient (Wildman–Crippen LogP) is 4.95. The maximum Gasteiger partial charge on any atom is 0.147 e. The average molecular weight is 430 g/mol. The van der Waals surface area contributed by atoms with E-state index in [1.165, 1.54) is 0 Å². The molecule has 6 heteroatoms. The van der Waals surface area contributed by atoms with Crippen molar-refractivity contribution in [3.05, 3.63) is 21.1 Å². The van der Waals surface area contributed by atoms with Gasteiger partial charge in [0.25, 0.3) is 0 Å². The Labute approximate surface area is 124 Å². The first-order valence-electron chi connectivity index (χ1n) is 4.42. The van der Waals surface area contributed by atoms with Crippen LogP contribution in [0.2, 0.25) is 0 Å². The van der Waals surface area contributed by atoms with E-state index in [0.717, 1.165) is 43.1 Å². The Balaban J connectivity index is 2.82. The largest absolute Gasteiger partial charge is 0.491 e. The standard InChI is InChI=1S/C10H8Br3NOS/c11-2-1-3-15-10-8(12)4-7(16-6-14)5-9(10)13/h4-5H,1-3H2. The van der Waals surface area contributed by atoms with E-state index < -0.39 is 0 Å². The van der Waals surface area contributed by atoms with Crippen LogP contribution in [0.15, 0.2) is 26.0 Å². The molecule has 0 saturated carbocycles. The van der Waals surface area contributed by atoms with Crippen LogP contribution in [0.4, 0.5) is 0 Å². The summed E-state index contributed by atoms with van der Waals surface area (Å²) in [5, 5.41) is 11.5. The van der Waals surface area contributed by atoms with Gasteiger partial charge in [0.15, 0.2) is 0 Å². The SMILES string of the molecule is N#CSc1cc(Br)c(OCCCBr)c(Br)c1. The van der Waals surface area contributed by atoms with Gasteiger partial charge in [0.05, 0.1) is 15.6 Å². The highest BCUT2D eigenvalue weighted by atomic mass is 79.9. The fourth-order valence-electron chi connectivity index (χ4n) is 1.01. The molecule has 0 N–H and O–H groups in total. The van der Waals surface area contributed by atoms with E-state index in [2.05, 4.69) is 47.8 Å². The third kappa shape index (κ3) is 4.28. The number of thiocyanates is 1. The molecule has 0 amide bonds. The van der Waals surface area contributed by atoms with Crippen LogP contribution in [0.1, 0.15) is 6.42 Å². The van der Waals surface area contributed by atoms with Crippen molar-refractivity contribution in [2.45, 2.75) is 11.3 Å². The molecule has 86 valence electrons. The summed E-state index contributed by atoms with van der Waals surface area (Å²) in [7, 11) is 0. The number of hydrogen-bond acceptors (Lipinski definition) is 3. The number of rotatable bonds is 5. The Hall–Kier alpha value is 0.300. The first kappa shape index (κ1) is 14.4. The lowest BCUT2D eigenvalue weighted by Crippen LogP contribution is -1.99. The van der Waals surface area contributed by atoms with Crippen LogP contribution in [0.3, 0.4) is 0 Å². The number of nitriles is 1. The lowest BCUT2D eigenvalue weighted by molar-refractivity contribution is 0.315. The van der Waals surface area contributed by atoms with Crippen LogP contribution >= 0.6 is 59.6 Å². The number of alkyl halides is 1. The maximum absolute atomic E-state index is 8.59. The minimum Gasteiger partial charge on any atom is -0.491 e. The second kappa shape index (κ2) is 7.59. The minimum atomic E-state index is 0.660. The van der Waals surface area contributed by atoms with Crippen molar-refractivity contribution in [2.24, 2.45) is 0 Å². The van der Waals surface area contributed by atoms with Crippen LogP contribution in [0, 0.1) is 10.7 Å². The van der Waals surface area contributed by atoms with Crippen LogP contribution in [-0.4, -0.2) is 11.9 Å². The van der Waals surface area contributed by atoms with Gasteiger partial charge in [-0.15, -0.1) is 0 Å². The Morgan fingerprint density at radius 3 is 2.44 bits per heavy atom. The van der Waals surface area contributed by atoms with Crippen LogP contribution in [0.5, 0.6) is 5.75 Å². The summed E-state index contributed by atoms with van der Waals surface area (Å²) < 4.78 is 7.34. The summed E-state index contributed by atoms with van der Waals surface area (Å²) in [6.45, 7) is 0.660. The van der Waals surface area contributed by atoms with Gasteiger partial charge >= 0.3 is 0 Å². The first-order valence-corrected chi connectivity index (χ1v) is 7.95. The number of benzene rings is 1. The topological polar surface area (TPSA) is 33.0 Å². The molecule has 0 saturated heterocycles. The predicted molar refractivity (Wildman–Crippen MR) is 77.2 cm³/mol. The van der Waals surface area contributed by atoms with Gasteiger partial charge in [-0.05, 0) is 62.2 Å². The second-order valence-electron chi connectivity index (χ2n) is 2.80. The second-order valence-corrected chi connectivity index (χ2v) is 6.16. The zero-order chi connectivity index (χ0) is 12.0. The van der Waals surface area contributed by atoms with Crippen molar-refractivity contribution in [1.82, 2.24) is 0 Å². The highest BCUT2D eigenvalue weighted by Crippen LogP contribution is 2.37. The zero-order valence-corrected chi connectivity index (χ0v) is 13.7. The lowest BCUT2D eigenvalue weighted by atomic mass is 10.3. The van der Waals surface area contributed by atoms with E-state index in [9.17, 15) is 0 Å². The van der Waals surface area contributed by atoms with Gasteiger partial charge in [0.1, 0.15) is 11.2 Å². The van der Waals surface area contributed by atoms with Gasteiger partial charge < -0.3 is 4.74 Å². The monoisotopic (exact) mass is 427 g/mol. The summed E-state index contributed by atoms with van der Waals surface area (Å²) in [6, 6.07) is 3.75. The summed E-state index contributed by atoms with van der Waals surface area (Å²) >= 11 is 11.3. The van der Waals surface area contributed by atoms with E-state index in [-0.39, 0.29) is 0 Å². The average Bonchev–Trinajstić information content (AvgIpc) is 2.23. The van der Waals surface area contributed by atoms with Gasteiger partial charge in [-0.25, -0.2) is 0 Å². The minimum absolute atomic E-state index is 0.660. The molecule has 0 spiro atoms. The molecule has 2 nitrogen and oxygen atoms in total. The van der Waals surface area contributed by atoms with Gasteiger partial charge in [-0.2, -0.15) is 5.26 Å². The first-order chi connectivity index (χ1) is 7.69. The quantitative estimate of drug-likeness (QED) is 0.287. The van der Waals surface area contributed by atoms with E-state index >= 15 is 0 Å². The highest BCUT2D eigenvalue weighted by Gasteiger charge is 2.09. The van der Waals surface area contributed by atoms with Gasteiger partial charge in [0, 0.05) is 10.2 Å². The molecule has 0 radical (unpaired) electrons. The van der Waals surface area contributed by atoms with Gasteiger partial charge in [-0.1, -0.05) is 15.9 Å². The van der Waals surface area contributed by atoms with Crippen molar-refractivity contribution < 1.29 is 4.74 Å². The van der Waals surface area contributed by atoms with Crippen molar-refractivity contribution in [2.75, 3.05) is 11.9 Å². The number of ether oxygens (including phenoxy) is 1. The van der Waals surface area contributed by atoms with Crippen molar-refractivity contribution in [1.29, 1.82) is 5.26 Å². The highest BCUT2D eigenvalue weighted by molar-refractivity contribution is 9.11. The molecule has 0 unspecified atom stereocenters. The van der Waals surface area contributed by atoms with Crippen molar-refractivity contribution >= 4 is 59.6 Å². The molecule has 16 heavy (non-hydrogen) atoms. The smallest absolute Gasteiger partial charge is 0.147 e. The van der Waals surface area contributed by atoms with E-state index in [0.29, 0.717) is 6.61 Å². The fraction of sp³-hybridized carbons (Fsp3) is 0.300. The van der Waals surface area contributed by atoms with Crippen LogP contribution in [-0.2, 0) is 0 Å². The Bertz CT molecular complexity index is 383. The number of nitrogens with zero attached hydrogens (tertiary/aromatic N) is 1. The molecule has 0 bridgehead atoms. The van der Waals surface area contributed by atoms with Gasteiger partial charge in [-0.3, -0.25) is 0 Å². The molecule has 1 aromatic carbocycles. The summed E-state index contributed by atoms with van der Waals surface area (Å²) in [4.78, 5) is 0.883. The number of hydrogen-bond donors (Lipinski definition) is 0. The molecule has 0 aliphatic heterocycles. The molecule has 0 heterocycles. The van der Waals surface area contributed by atoms with Crippen LogP contribution < -0.4 is 4.74 Å². The van der Waals surface area contributed by atoms with E-state index in [1.54, 1.807) is 0 Å². The van der Waals surface area contributed by atoms with Gasteiger partial charge in [0.2, 0.25) is 0 Å². The molecule has 0 aliphatic rings. The molecular weight excluding hydrogens is 422 g/mol. The number of thioether (sulfide) groups is 1. The molecule has 0 atom stereocenters. The normalized spacial score (nSPS) is 9.88. The van der Waals surface area contributed by atoms with Crippen molar-refractivity contribution in [3.63, 3.8) is 0 Å². The molecule has 1 aromatic rings. The zero-order valence-electron chi connectivity index (χ0n) is 8.17. The Kier molecular flexibility index (Phi) is 6.81. The molecule has 1 rings (SSSR count). The van der Waals surface area contributed by atoms with E-state index in [1.807, 2.05) is 17.5 Å². The third-order valence-corrected chi connectivity index (χ3v) is 3.96. The molecule has 0 fully saturated rings.